The summed E-state index contributed by atoms with van der Waals surface area (Å²) in [7, 11) is 0. The van der Waals surface area contributed by atoms with Gasteiger partial charge in [0.25, 0.3) is 0 Å². The summed E-state index contributed by atoms with van der Waals surface area (Å²) in [4.78, 5) is 39.2. The van der Waals surface area contributed by atoms with E-state index in [0.717, 1.165) is 16.9 Å². The maximum Gasteiger partial charge on any atom is 0.194 e. The fourth-order valence-electron chi connectivity index (χ4n) is 5.09. The van der Waals surface area contributed by atoms with Gasteiger partial charge in [0.15, 0.2) is 17.3 Å². The predicted molar refractivity (Wildman–Crippen MR) is 142 cm³/mol. The summed E-state index contributed by atoms with van der Waals surface area (Å²) in [6.07, 6.45) is 1.20. The van der Waals surface area contributed by atoms with Crippen LogP contribution < -0.4 is 14.8 Å². The predicted octanol–water partition coefficient (Wildman–Crippen LogP) is 4.67. The molecule has 4 rings (SSSR count). The van der Waals surface area contributed by atoms with E-state index in [4.69, 9.17) is 9.47 Å². The Morgan fingerprint density at radius 1 is 1.13 bits per heavy atom. The first kappa shape index (κ1) is 27.0. The molecule has 0 spiro atoms. The van der Waals surface area contributed by atoms with Gasteiger partial charge in [-0.3, -0.25) is 14.4 Å². The van der Waals surface area contributed by atoms with Crippen LogP contribution in [-0.2, 0) is 15.0 Å². The van der Waals surface area contributed by atoms with Crippen LogP contribution in [0.4, 0.5) is 0 Å². The standard InChI is InChI=1S/C30H33NO7/c1-14(2)19-9-8-15(3)12-21(19)37-11-10-31-17(5)23-20(33)13-22-30(7,29(23)36)25-27(35)16(4)26(34)24(18(6)32)28(25)38-22/h8-9,12-14,31,34-35H,10-11H2,1-7H3/b23-17+/t30-/m1/s1. The Kier molecular flexibility index (Phi) is 6.86. The molecular formula is C30H33NO7. The third kappa shape index (κ3) is 4.14. The summed E-state index contributed by atoms with van der Waals surface area (Å²) >= 11 is 0. The summed E-state index contributed by atoms with van der Waals surface area (Å²) in [5, 5.41) is 24.5. The molecule has 200 valence electrons. The molecule has 0 fully saturated rings. The Morgan fingerprint density at radius 2 is 1.82 bits per heavy atom. The van der Waals surface area contributed by atoms with E-state index in [1.807, 2.05) is 19.1 Å². The van der Waals surface area contributed by atoms with Crippen molar-refractivity contribution in [3.05, 3.63) is 69.1 Å². The van der Waals surface area contributed by atoms with Gasteiger partial charge < -0.3 is 25.0 Å². The topological polar surface area (TPSA) is 122 Å². The number of phenols is 2. The number of ether oxygens (including phenoxy) is 2. The number of aromatic hydroxyl groups is 2. The molecular weight excluding hydrogens is 486 g/mol. The Hall–Kier alpha value is -4.07. The molecule has 1 atom stereocenters. The number of nitrogens with one attached hydrogen (secondary N) is 1. The largest absolute Gasteiger partial charge is 0.507 e. The number of hydrogen-bond donors (Lipinski definition) is 3. The summed E-state index contributed by atoms with van der Waals surface area (Å²) in [5.74, 6) is -1.39. The average molecular weight is 520 g/mol. The molecule has 0 radical (unpaired) electrons. The summed E-state index contributed by atoms with van der Waals surface area (Å²) in [6, 6.07) is 6.08. The van der Waals surface area contributed by atoms with Gasteiger partial charge in [-0.15, -0.1) is 0 Å². The van der Waals surface area contributed by atoms with Gasteiger partial charge in [-0.2, -0.15) is 0 Å². The number of Topliss-reactive ketones (excluding diaryl/α,β-unsaturated/α-hetero) is 2. The molecule has 0 unspecified atom stereocenters. The lowest BCUT2D eigenvalue weighted by Gasteiger charge is -2.29. The lowest BCUT2D eigenvalue weighted by atomic mass is 9.70. The number of fused-ring (bicyclic) bond motifs is 3. The van der Waals surface area contributed by atoms with Crippen LogP contribution in [0.2, 0.25) is 0 Å². The smallest absolute Gasteiger partial charge is 0.194 e. The second-order valence-electron chi connectivity index (χ2n) is 10.4. The fourth-order valence-corrected chi connectivity index (χ4v) is 5.09. The normalized spacial score (nSPS) is 19.5. The zero-order chi connectivity index (χ0) is 28.1. The third-order valence-corrected chi connectivity index (χ3v) is 7.30. The number of ketones is 3. The van der Waals surface area contributed by atoms with Crippen molar-refractivity contribution in [3.63, 3.8) is 0 Å². The Bertz CT molecular complexity index is 1450. The number of phenolic OH excluding ortho intramolecular Hbond substituents is 2. The molecule has 1 heterocycles. The first-order valence-electron chi connectivity index (χ1n) is 12.6. The van der Waals surface area contributed by atoms with Crippen molar-refractivity contribution in [1.29, 1.82) is 0 Å². The van der Waals surface area contributed by atoms with Gasteiger partial charge in [-0.1, -0.05) is 26.0 Å². The monoisotopic (exact) mass is 519 g/mol. The number of rotatable bonds is 7. The highest BCUT2D eigenvalue weighted by molar-refractivity contribution is 6.31. The fraction of sp³-hybridized carbons (Fsp3) is 0.367. The highest BCUT2D eigenvalue weighted by Gasteiger charge is 2.56. The molecule has 0 aromatic heterocycles. The average Bonchev–Trinajstić information content (AvgIpc) is 3.13. The van der Waals surface area contributed by atoms with E-state index in [1.54, 1.807) is 13.8 Å². The van der Waals surface area contributed by atoms with Crippen molar-refractivity contribution in [3.8, 4) is 23.0 Å². The molecule has 2 aliphatic rings. The lowest BCUT2D eigenvalue weighted by molar-refractivity contribution is -0.123. The molecule has 3 N–H and O–H groups in total. The van der Waals surface area contributed by atoms with Crippen LogP contribution in [0, 0.1) is 13.8 Å². The first-order valence-corrected chi connectivity index (χ1v) is 12.6. The van der Waals surface area contributed by atoms with E-state index < -0.39 is 28.5 Å². The number of allylic oxidation sites excluding steroid dienone is 4. The number of carbonyl (C=O) groups is 3. The Labute approximate surface area is 222 Å². The quantitative estimate of drug-likeness (QED) is 0.209. The maximum absolute atomic E-state index is 13.9. The van der Waals surface area contributed by atoms with Crippen molar-refractivity contribution in [2.24, 2.45) is 0 Å². The molecule has 8 heteroatoms. The van der Waals surface area contributed by atoms with Crippen LogP contribution in [-0.4, -0.2) is 40.7 Å². The summed E-state index contributed by atoms with van der Waals surface area (Å²) in [6.45, 7) is 12.7. The third-order valence-electron chi connectivity index (χ3n) is 7.30. The van der Waals surface area contributed by atoms with Crippen LogP contribution in [0.5, 0.6) is 23.0 Å². The van der Waals surface area contributed by atoms with E-state index in [1.165, 1.54) is 19.9 Å². The molecule has 0 saturated heterocycles. The summed E-state index contributed by atoms with van der Waals surface area (Å²) < 4.78 is 11.8. The molecule has 2 aromatic carbocycles. The molecule has 0 amide bonds. The maximum atomic E-state index is 13.9. The lowest BCUT2D eigenvalue weighted by Crippen LogP contribution is -2.41. The minimum atomic E-state index is -1.54. The van der Waals surface area contributed by atoms with Crippen molar-refractivity contribution in [1.82, 2.24) is 5.32 Å². The SMILES string of the molecule is CC(=O)c1c(O)c(C)c(O)c2c1OC1=CC(=O)/C(=C(/C)NCCOc3cc(C)ccc3C(C)C)C(=O)[C@]12C. The molecule has 2 aromatic rings. The van der Waals surface area contributed by atoms with Crippen molar-refractivity contribution in [2.45, 2.75) is 59.8 Å². The van der Waals surface area contributed by atoms with Crippen molar-refractivity contribution >= 4 is 17.3 Å². The second-order valence-corrected chi connectivity index (χ2v) is 10.4. The van der Waals surface area contributed by atoms with Crippen LogP contribution in [0.25, 0.3) is 0 Å². The number of benzene rings is 2. The molecule has 0 saturated carbocycles. The second kappa shape index (κ2) is 9.67. The minimum absolute atomic E-state index is 0.00541. The Morgan fingerprint density at radius 3 is 2.45 bits per heavy atom. The van der Waals surface area contributed by atoms with Gasteiger partial charge in [0.2, 0.25) is 0 Å². The van der Waals surface area contributed by atoms with Gasteiger partial charge in [-0.25, -0.2) is 0 Å². The van der Waals surface area contributed by atoms with E-state index in [0.29, 0.717) is 24.8 Å². The summed E-state index contributed by atoms with van der Waals surface area (Å²) in [5.41, 5.74) is 0.919. The highest BCUT2D eigenvalue weighted by Crippen LogP contribution is 2.57. The molecule has 0 bridgehead atoms. The van der Waals surface area contributed by atoms with E-state index >= 15 is 0 Å². The van der Waals surface area contributed by atoms with Gasteiger partial charge in [0, 0.05) is 23.9 Å². The zero-order valence-electron chi connectivity index (χ0n) is 22.7. The molecule has 38 heavy (non-hydrogen) atoms. The number of aryl methyl sites for hydroxylation is 1. The van der Waals surface area contributed by atoms with Crippen molar-refractivity contribution in [2.75, 3.05) is 13.2 Å². The van der Waals surface area contributed by atoms with Crippen molar-refractivity contribution < 1.29 is 34.1 Å². The van der Waals surface area contributed by atoms with Crippen LogP contribution in [0.1, 0.15) is 73.1 Å². The van der Waals surface area contributed by atoms with Crippen LogP contribution >= 0.6 is 0 Å². The van der Waals surface area contributed by atoms with Crippen LogP contribution in [0.15, 0.2) is 41.3 Å². The van der Waals surface area contributed by atoms with Gasteiger partial charge in [0.1, 0.15) is 46.3 Å². The molecule has 1 aliphatic carbocycles. The molecule has 1 aliphatic heterocycles. The first-order chi connectivity index (χ1) is 17.8. The highest BCUT2D eigenvalue weighted by atomic mass is 16.5. The van der Waals surface area contributed by atoms with E-state index in [-0.39, 0.29) is 39.5 Å². The Balaban J connectivity index is 1.63. The zero-order valence-corrected chi connectivity index (χ0v) is 22.7. The van der Waals surface area contributed by atoms with E-state index in [9.17, 15) is 24.6 Å². The van der Waals surface area contributed by atoms with Gasteiger partial charge >= 0.3 is 0 Å². The minimum Gasteiger partial charge on any atom is -0.507 e. The van der Waals surface area contributed by atoms with Gasteiger partial charge in [0.05, 0.1) is 11.1 Å². The van der Waals surface area contributed by atoms with Crippen LogP contribution in [0.3, 0.4) is 0 Å². The van der Waals surface area contributed by atoms with Gasteiger partial charge in [-0.05, 0) is 57.7 Å². The van der Waals surface area contributed by atoms with E-state index in [2.05, 4.69) is 25.2 Å². The number of carbonyl (C=O) groups excluding carboxylic acids is 3. The number of hydrogen-bond acceptors (Lipinski definition) is 8. The molecule has 8 nitrogen and oxygen atoms in total.